The van der Waals surface area contributed by atoms with Crippen molar-refractivity contribution in [2.24, 2.45) is 5.92 Å². The molecule has 1 saturated heterocycles. The molecule has 2 atom stereocenters. The van der Waals surface area contributed by atoms with Crippen LogP contribution in [-0.2, 0) is 9.53 Å². The van der Waals surface area contributed by atoms with Gasteiger partial charge in [-0.3, -0.25) is 9.69 Å². The molecule has 2 rings (SSSR count). The fraction of sp³-hybridized carbons (Fsp3) is 0.923. The quantitative estimate of drug-likeness (QED) is 0.690. The Morgan fingerprint density at radius 2 is 2.00 bits per heavy atom. The van der Waals surface area contributed by atoms with Gasteiger partial charge < -0.3 is 4.74 Å². The van der Waals surface area contributed by atoms with Gasteiger partial charge in [-0.1, -0.05) is 12.8 Å². The Balaban J connectivity index is 1.89. The van der Waals surface area contributed by atoms with Crippen LogP contribution in [0.25, 0.3) is 0 Å². The third kappa shape index (κ3) is 2.76. The maximum atomic E-state index is 11.5. The molecule has 1 saturated carbocycles. The highest BCUT2D eigenvalue weighted by atomic mass is 16.5. The standard InChI is InChI=1S/C13H23NO2/c1-2-16-13(15)10-14-9-5-7-11-6-3-4-8-12(11)14/h11-12H,2-10H2,1H3. The zero-order valence-electron chi connectivity index (χ0n) is 10.3. The number of ether oxygens (including phenoxy) is 1. The summed E-state index contributed by atoms with van der Waals surface area (Å²) in [6.45, 7) is 3.97. The van der Waals surface area contributed by atoms with Gasteiger partial charge in [-0.25, -0.2) is 0 Å². The summed E-state index contributed by atoms with van der Waals surface area (Å²) in [5, 5.41) is 0. The smallest absolute Gasteiger partial charge is 0.320 e. The van der Waals surface area contributed by atoms with Crippen LogP contribution >= 0.6 is 0 Å². The lowest BCUT2D eigenvalue weighted by molar-refractivity contribution is -0.146. The third-order valence-electron chi connectivity index (χ3n) is 4.00. The summed E-state index contributed by atoms with van der Waals surface area (Å²) in [6.07, 6.45) is 7.98. The highest BCUT2D eigenvalue weighted by molar-refractivity contribution is 5.71. The van der Waals surface area contributed by atoms with E-state index in [9.17, 15) is 4.79 Å². The van der Waals surface area contributed by atoms with Gasteiger partial charge in [-0.2, -0.15) is 0 Å². The summed E-state index contributed by atoms with van der Waals surface area (Å²) < 4.78 is 5.04. The van der Waals surface area contributed by atoms with E-state index in [1.165, 1.54) is 38.5 Å². The maximum Gasteiger partial charge on any atom is 0.320 e. The van der Waals surface area contributed by atoms with Crippen LogP contribution in [0.5, 0.6) is 0 Å². The number of likely N-dealkylation sites (tertiary alicyclic amines) is 1. The van der Waals surface area contributed by atoms with Crippen molar-refractivity contribution in [2.45, 2.75) is 51.5 Å². The minimum Gasteiger partial charge on any atom is -0.465 e. The Labute approximate surface area is 98.1 Å². The van der Waals surface area contributed by atoms with Crippen LogP contribution in [0.3, 0.4) is 0 Å². The van der Waals surface area contributed by atoms with Gasteiger partial charge in [0.1, 0.15) is 0 Å². The Bertz CT molecular complexity index is 240. The first-order chi connectivity index (χ1) is 7.81. The van der Waals surface area contributed by atoms with Crippen LogP contribution < -0.4 is 0 Å². The molecule has 1 aliphatic carbocycles. The second-order valence-corrected chi connectivity index (χ2v) is 5.03. The van der Waals surface area contributed by atoms with E-state index >= 15 is 0 Å². The molecule has 0 amide bonds. The normalized spacial score (nSPS) is 30.8. The van der Waals surface area contributed by atoms with E-state index < -0.39 is 0 Å². The van der Waals surface area contributed by atoms with Gasteiger partial charge in [0.05, 0.1) is 13.2 Å². The molecule has 1 aliphatic heterocycles. The predicted molar refractivity (Wildman–Crippen MR) is 63.2 cm³/mol. The van der Waals surface area contributed by atoms with E-state index in [-0.39, 0.29) is 5.97 Å². The molecule has 0 radical (unpaired) electrons. The lowest BCUT2D eigenvalue weighted by Gasteiger charge is -2.43. The van der Waals surface area contributed by atoms with E-state index in [0.717, 1.165) is 12.5 Å². The lowest BCUT2D eigenvalue weighted by atomic mass is 9.78. The molecule has 2 aliphatic rings. The molecule has 0 aromatic carbocycles. The Kier molecular flexibility index (Phi) is 4.22. The number of rotatable bonds is 3. The van der Waals surface area contributed by atoms with Crippen molar-refractivity contribution in [1.29, 1.82) is 0 Å². The lowest BCUT2D eigenvalue weighted by Crippen LogP contribution is -2.48. The van der Waals surface area contributed by atoms with E-state index in [1.54, 1.807) is 0 Å². The van der Waals surface area contributed by atoms with Crippen molar-refractivity contribution in [3.63, 3.8) is 0 Å². The van der Waals surface area contributed by atoms with E-state index in [2.05, 4.69) is 4.90 Å². The first-order valence-electron chi connectivity index (χ1n) is 6.71. The van der Waals surface area contributed by atoms with Crippen molar-refractivity contribution in [3.8, 4) is 0 Å². The number of nitrogens with zero attached hydrogens (tertiary/aromatic N) is 1. The second kappa shape index (κ2) is 5.67. The van der Waals surface area contributed by atoms with Crippen LogP contribution in [0.1, 0.15) is 45.4 Å². The summed E-state index contributed by atoms with van der Waals surface area (Å²) in [5.41, 5.74) is 0. The molecule has 3 heteroatoms. The van der Waals surface area contributed by atoms with Crippen LogP contribution in [-0.4, -0.2) is 36.6 Å². The average Bonchev–Trinajstić information content (AvgIpc) is 2.30. The Hall–Kier alpha value is -0.570. The van der Waals surface area contributed by atoms with Crippen LogP contribution in [0.15, 0.2) is 0 Å². The summed E-state index contributed by atoms with van der Waals surface area (Å²) >= 11 is 0. The zero-order chi connectivity index (χ0) is 11.4. The van der Waals surface area contributed by atoms with Gasteiger partial charge >= 0.3 is 5.97 Å². The molecule has 2 unspecified atom stereocenters. The Morgan fingerprint density at radius 3 is 2.81 bits per heavy atom. The van der Waals surface area contributed by atoms with E-state index in [4.69, 9.17) is 4.74 Å². The molecule has 92 valence electrons. The van der Waals surface area contributed by atoms with Gasteiger partial charge in [-0.05, 0) is 45.1 Å². The van der Waals surface area contributed by atoms with Gasteiger partial charge in [0, 0.05) is 6.04 Å². The molecular formula is C13H23NO2. The summed E-state index contributed by atoms with van der Waals surface area (Å²) in [4.78, 5) is 13.9. The van der Waals surface area contributed by atoms with E-state index in [0.29, 0.717) is 19.2 Å². The average molecular weight is 225 g/mol. The third-order valence-corrected chi connectivity index (χ3v) is 4.00. The van der Waals surface area contributed by atoms with Gasteiger partial charge in [-0.15, -0.1) is 0 Å². The predicted octanol–water partition coefficient (Wildman–Crippen LogP) is 2.20. The minimum absolute atomic E-state index is 0.0475. The molecule has 16 heavy (non-hydrogen) atoms. The highest BCUT2D eigenvalue weighted by Gasteiger charge is 2.33. The van der Waals surface area contributed by atoms with Crippen molar-refractivity contribution in [2.75, 3.05) is 19.7 Å². The fourth-order valence-corrected chi connectivity index (χ4v) is 3.30. The zero-order valence-corrected chi connectivity index (χ0v) is 10.3. The monoisotopic (exact) mass is 225 g/mol. The molecule has 1 heterocycles. The SMILES string of the molecule is CCOC(=O)CN1CCCC2CCCCC21. The van der Waals surface area contributed by atoms with E-state index in [1.807, 2.05) is 6.92 Å². The summed E-state index contributed by atoms with van der Waals surface area (Å²) in [7, 11) is 0. The Morgan fingerprint density at radius 1 is 1.25 bits per heavy atom. The molecule has 0 spiro atoms. The topological polar surface area (TPSA) is 29.5 Å². The number of fused-ring (bicyclic) bond motifs is 1. The molecule has 0 aromatic rings. The van der Waals surface area contributed by atoms with Crippen molar-refractivity contribution in [3.05, 3.63) is 0 Å². The molecular weight excluding hydrogens is 202 g/mol. The number of esters is 1. The fourth-order valence-electron chi connectivity index (χ4n) is 3.30. The van der Waals surface area contributed by atoms with Gasteiger partial charge in [0.15, 0.2) is 0 Å². The number of carbonyl (C=O) groups is 1. The summed E-state index contributed by atoms with van der Waals surface area (Å²) in [6, 6.07) is 0.659. The van der Waals surface area contributed by atoms with Crippen molar-refractivity contribution in [1.82, 2.24) is 4.90 Å². The largest absolute Gasteiger partial charge is 0.465 e. The van der Waals surface area contributed by atoms with Crippen molar-refractivity contribution < 1.29 is 9.53 Å². The van der Waals surface area contributed by atoms with Crippen LogP contribution in [0.4, 0.5) is 0 Å². The highest BCUT2D eigenvalue weighted by Crippen LogP contribution is 2.34. The minimum atomic E-state index is -0.0475. The molecule has 3 nitrogen and oxygen atoms in total. The molecule has 0 aromatic heterocycles. The second-order valence-electron chi connectivity index (χ2n) is 5.03. The maximum absolute atomic E-state index is 11.5. The van der Waals surface area contributed by atoms with Crippen molar-refractivity contribution >= 4 is 5.97 Å². The first-order valence-corrected chi connectivity index (χ1v) is 6.71. The molecule has 0 N–H and O–H groups in total. The molecule has 2 fully saturated rings. The molecule has 0 bridgehead atoms. The van der Waals surface area contributed by atoms with Gasteiger partial charge in [0.25, 0.3) is 0 Å². The number of hydrogen-bond acceptors (Lipinski definition) is 3. The van der Waals surface area contributed by atoms with Gasteiger partial charge in [0.2, 0.25) is 0 Å². The number of carbonyl (C=O) groups excluding carboxylic acids is 1. The number of hydrogen-bond donors (Lipinski definition) is 0. The first kappa shape index (κ1) is 11.9. The summed E-state index contributed by atoms with van der Waals surface area (Å²) in [5.74, 6) is 0.797. The van der Waals surface area contributed by atoms with Crippen LogP contribution in [0, 0.1) is 5.92 Å². The number of piperidine rings is 1. The van der Waals surface area contributed by atoms with Crippen LogP contribution in [0.2, 0.25) is 0 Å².